The highest BCUT2D eigenvalue weighted by molar-refractivity contribution is 4.83. The summed E-state index contributed by atoms with van der Waals surface area (Å²) in [6.45, 7) is 3.61. The van der Waals surface area contributed by atoms with Gasteiger partial charge in [-0.3, -0.25) is 0 Å². The number of unbranched alkanes of at least 4 members (excludes halogenated alkanes) is 2. The fourth-order valence-corrected chi connectivity index (χ4v) is 1.25. The highest BCUT2D eigenvalue weighted by Gasteiger charge is 2.45. The van der Waals surface area contributed by atoms with Gasteiger partial charge in [0.25, 0.3) is 0 Å². The van der Waals surface area contributed by atoms with Crippen LogP contribution in [0, 0.1) is 0 Å². The molecule has 0 fully saturated rings. The summed E-state index contributed by atoms with van der Waals surface area (Å²) in [6, 6.07) is 0. The molecule has 0 amide bonds. The first kappa shape index (κ1) is 12.8. The lowest BCUT2D eigenvalue weighted by atomic mass is 9.91. The van der Waals surface area contributed by atoms with E-state index < -0.39 is 11.6 Å². The van der Waals surface area contributed by atoms with Crippen molar-refractivity contribution in [3.05, 3.63) is 0 Å². The van der Waals surface area contributed by atoms with Gasteiger partial charge in [0.05, 0.1) is 0 Å². The number of hydrogen-bond donors (Lipinski definition) is 4. The predicted molar refractivity (Wildman–Crippen MR) is 48.8 cm³/mol. The number of hydrogen-bond acceptors (Lipinski definition) is 4. The van der Waals surface area contributed by atoms with E-state index in [9.17, 15) is 5.11 Å². The van der Waals surface area contributed by atoms with Crippen molar-refractivity contribution < 1.29 is 20.4 Å². The SMILES string of the molecule is CCCCCC(O)(CC)C(O)(O)O. The third-order valence-electron chi connectivity index (χ3n) is 2.40. The fraction of sp³-hybridized carbons (Fsp3) is 1.00. The Morgan fingerprint density at radius 2 is 1.46 bits per heavy atom. The van der Waals surface area contributed by atoms with Gasteiger partial charge in [0.1, 0.15) is 5.60 Å². The molecule has 0 radical (unpaired) electrons. The molecule has 1 atom stereocenters. The summed E-state index contributed by atoms with van der Waals surface area (Å²) in [6.07, 6.45) is 2.86. The lowest BCUT2D eigenvalue weighted by molar-refractivity contribution is -0.393. The summed E-state index contributed by atoms with van der Waals surface area (Å²) >= 11 is 0. The van der Waals surface area contributed by atoms with Crippen LogP contribution in [-0.2, 0) is 0 Å². The molecule has 0 saturated heterocycles. The maximum Gasteiger partial charge on any atom is 0.305 e. The van der Waals surface area contributed by atoms with E-state index in [1.54, 1.807) is 6.92 Å². The Bertz CT molecular complexity index is 141. The van der Waals surface area contributed by atoms with Crippen LogP contribution in [-0.4, -0.2) is 32.0 Å². The second-order valence-electron chi connectivity index (χ2n) is 3.48. The van der Waals surface area contributed by atoms with E-state index in [1.807, 2.05) is 6.92 Å². The van der Waals surface area contributed by atoms with Gasteiger partial charge in [-0.25, -0.2) is 0 Å². The van der Waals surface area contributed by atoms with Crippen LogP contribution in [0.5, 0.6) is 0 Å². The monoisotopic (exact) mass is 192 g/mol. The maximum atomic E-state index is 9.63. The Kier molecular flexibility index (Phi) is 4.85. The van der Waals surface area contributed by atoms with Gasteiger partial charge in [0.15, 0.2) is 0 Å². The summed E-state index contributed by atoms with van der Waals surface area (Å²) in [5.41, 5.74) is -1.80. The smallest absolute Gasteiger partial charge is 0.305 e. The number of aliphatic hydroxyl groups is 4. The second kappa shape index (κ2) is 4.91. The Balaban J connectivity index is 4.13. The van der Waals surface area contributed by atoms with Crippen molar-refractivity contribution >= 4 is 0 Å². The third kappa shape index (κ3) is 3.60. The van der Waals surface area contributed by atoms with Gasteiger partial charge in [-0.15, -0.1) is 0 Å². The third-order valence-corrected chi connectivity index (χ3v) is 2.40. The highest BCUT2D eigenvalue weighted by Crippen LogP contribution is 2.27. The van der Waals surface area contributed by atoms with Crippen LogP contribution < -0.4 is 0 Å². The molecule has 0 saturated carbocycles. The zero-order chi connectivity index (χ0) is 10.5. The molecule has 0 aromatic carbocycles. The lowest BCUT2D eigenvalue weighted by Gasteiger charge is -2.34. The van der Waals surface area contributed by atoms with Crippen molar-refractivity contribution in [3.63, 3.8) is 0 Å². The van der Waals surface area contributed by atoms with Gasteiger partial charge in [0.2, 0.25) is 0 Å². The first-order valence-corrected chi connectivity index (χ1v) is 4.77. The van der Waals surface area contributed by atoms with Gasteiger partial charge < -0.3 is 20.4 Å². The molecular formula is C9H20O4. The first-order valence-electron chi connectivity index (χ1n) is 4.77. The van der Waals surface area contributed by atoms with Gasteiger partial charge in [-0.1, -0.05) is 33.1 Å². The summed E-state index contributed by atoms with van der Waals surface area (Å²) in [4.78, 5) is 0. The molecular weight excluding hydrogens is 172 g/mol. The zero-order valence-corrected chi connectivity index (χ0v) is 8.32. The topological polar surface area (TPSA) is 80.9 Å². The van der Waals surface area contributed by atoms with Gasteiger partial charge in [0, 0.05) is 0 Å². The van der Waals surface area contributed by atoms with Crippen molar-refractivity contribution in [2.75, 3.05) is 0 Å². The first-order chi connectivity index (χ1) is 5.87. The van der Waals surface area contributed by atoms with Gasteiger partial charge >= 0.3 is 5.97 Å². The van der Waals surface area contributed by atoms with Crippen LogP contribution in [0.2, 0.25) is 0 Å². The van der Waals surface area contributed by atoms with Gasteiger partial charge in [-0.05, 0) is 12.8 Å². The minimum Gasteiger partial charge on any atom is -0.381 e. The quantitative estimate of drug-likeness (QED) is 0.361. The van der Waals surface area contributed by atoms with Crippen LogP contribution in [0.3, 0.4) is 0 Å². The lowest BCUT2D eigenvalue weighted by Crippen LogP contribution is -2.53. The zero-order valence-electron chi connectivity index (χ0n) is 8.32. The highest BCUT2D eigenvalue weighted by atomic mass is 16.7. The van der Waals surface area contributed by atoms with E-state index in [4.69, 9.17) is 15.3 Å². The van der Waals surface area contributed by atoms with E-state index in [1.165, 1.54) is 0 Å². The molecule has 1 unspecified atom stereocenters. The molecule has 4 N–H and O–H groups in total. The Hall–Kier alpha value is -0.160. The largest absolute Gasteiger partial charge is 0.381 e. The standard InChI is InChI=1S/C9H20O4/c1-3-5-6-7-8(10,4-2)9(11,12)13/h10-13H,3-7H2,1-2H3. The molecule has 0 aromatic rings. The molecule has 0 aliphatic rings. The number of rotatable bonds is 6. The van der Waals surface area contributed by atoms with E-state index in [0.29, 0.717) is 6.42 Å². The molecule has 0 aromatic heterocycles. The molecule has 0 aliphatic carbocycles. The van der Waals surface area contributed by atoms with Gasteiger partial charge in [-0.2, -0.15) is 0 Å². The minimum absolute atomic E-state index is 0.111. The maximum absolute atomic E-state index is 9.63. The molecule has 0 aliphatic heterocycles. The van der Waals surface area contributed by atoms with Crippen molar-refractivity contribution in [1.82, 2.24) is 0 Å². The summed E-state index contributed by atoms with van der Waals surface area (Å²) in [7, 11) is 0. The summed E-state index contributed by atoms with van der Waals surface area (Å²) in [5.74, 6) is -2.99. The average Bonchev–Trinajstić information content (AvgIpc) is 2.02. The van der Waals surface area contributed by atoms with Crippen molar-refractivity contribution in [2.24, 2.45) is 0 Å². The molecule has 13 heavy (non-hydrogen) atoms. The van der Waals surface area contributed by atoms with E-state index >= 15 is 0 Å². The molecule has 0 spiro atoms. The van der Waals surface area contributed by atoms with E-state index in [-0.39, 0.29) is 12.8 Å². The van der Waals surface area contributed by atoms with Crippen molar-refractivity contribution in [2.45, 2.75) is 57.5 Å². The Labute approximate surface area is 78.8 Å². The van der Waals surface area contributed by atoms with Crippen LogP contribution in [0.25, 0.3) is 0 Å². The second-order valence-corrected chi connectivity index (χ2v) is 3.48. The van der Waals surface area contributed by atoms with Crippen LogP contribution in [0.4, 0.5) is 0 Å². The predicted octanol–water partition coefficient (Wildman–Crippen LogP) is 0.338. The molecule has 4 nitrogen and oxygen atoms in total. The van der Waals surface area contributed by atoms with E-state index in [0.717, 1.165) is 12.8 Å². The average molecular weight is 192 g/mol. The molecule has 0 bridgehead atoms. The molecule has 0 heterocycles. The minimum atomic E-state index is -2.99. The molecule has 0 rings (SSSR count). The molecule has 4 heteroatoms. The van der Waals surface area contributed by atoms with Crippen molar-refractivity contribution in [3.8, 4) is 0 Å². The van der Waals surface area contributed by atoms with Crippen molar-refractivity contribution in [1.29, 1.82) is 0 Å². The summed E-state index contributed by atoms with van der Waals surface area (Å²) < 4.78 is 0. The van der Waals surface area contributed by atoms with E-state index in [2.05, 4.69) is 0 Å². The fourth-order valence-electron chi connectivity index (χ4n) is 1.25. The summed E-state index contributed by atoms with van der Waals surface area (Å²) in [5, 5.41) is 36.3. The normalized spacial score (nSPS) is 17.1. The molecule has 80 valence electrons. The Morgan fingerprint density at radius 1 is 0.923 bits per heavy atom. The van der Waals surface area contributed by atoms with Crippen LogP contribution in [0.1, 0.15) is 46.0 Å². The van der Waals surface area contributed by atoms with Crippen LogP contribution >= 0.6 is 0 Å². The van der Waals surface area contributed by atoms with Crippen LogP contribution in [0.15, 0.2) is 0 Å². The Morgan fingerprint density at radius 3 is 1.77 bits per heavy atom.